The Morgan fingerprint density at radius 1 is 1.18 bits per heavy atom. The van der Waals surface area contributed by atoms with E-state index < -0.39 is 47.2 Å². The fraction of sp³-hybridized carbons (Fsp3) is 0.273. The molecule has 2 atom stereocenters. The number of carbonyl (C=O) groups excluding carboxylic acids is 1. The topological polar surface area (TPSA) is 81.7 Å². The number of hydrogen-bond acceptors (Lipinski definition) is 4. The van der Waals surface area contributed by atoms with Crippen molar-refractivity contribution in [2.24, 2.45) is 0 Å². The number of halogens is 6. The van der Waals surface area contributed by atoms with Gasteiger partial charge in [-0.25, -0.2) is 14.6 Å². The summed E-state index contributed by atoms with van der Waals surface area (Å²) in [5.41, 5.74) is 1.04. The van der Waals surface area contributed by atoms with E-state index in [1.807, 2.05) is 0 Å². The maximum Gasteiger partial charge on any atom is 0.432 e. The Labute approximate surface area is 202 Å². The number of hydrogen-bond donors (Lipinski definition) is 3. The molecule has 3 N–H and O–H groups in total. The number of aromatic carboxylic acids is 1. The summed E-state index contributed by atoms with van der Waals surface area (Å²) in [6.45, 7) is 1.38. The maximum absolute atomic E-state index is 14.4. The van der Waals surface area contributed by atoms with E-state index in [1.165, 1.54) is 19.1 Å². The number of carboxylic acids is 1. The first kappa shape index (κ1) is 25.8. The Kier molecular flexibility index (Phi) is 7.44. The normalized spacial score (nSPS) is 17.2. The van der Waals surface area contributed by atoms with E-state index in [0.29, 0.717) is 5.56 Å². The molecule has 1 aliphatic heterocycles. The van der Waals surface area contributed by atoms with Crippen molar-refractivity contribution >= 4 is 35.1 Å². The highest BCUT2D eigenvalue weighted by molar-refractivity contribution is 6.42. The largest absolute Gasteiger partial charge is 0.478 e. The molecule has 34 heavy (non-hydrogen) atoms. The zero-order valence-corrected chi connectivity index (χ0v) is 19.3. The van der Waals surface area contributed by atoms with Crippen molar-refractivity contribution in [2.45, 2.75) is 31.6 Å². The van der Waals surface area contributed by atoms with Crippen molar-refractivity contribution < 1.29 is 32.3 Å². The van der Waals surface area contributed by atoms with E-state index in [2.05, 4.69) is 10.7 Å². The highest BCUT2D eigenvalue weighted by atomic mass is 35.5. The van der Waals surface area contributed by atoms with Gasteiger partial charge in [0.1, 0.15) is 11.5 Å². The summed E-state index contributed by atoms with van der Waals surface area (Å²) in [6.07, 6.45) is -4.86. The number of amides is 1. The Bertz CT molecular complexity index is 1170. The number of rotatable bonds is 6. The van der Waals surface area contributed by atoms with Crippen LogP contribution in [0.15, 0.2) is 47.7 Å². The molecule has 6 nitrogen and oxygen atoms in total. The van der Waals surface area contributed by atoms with Crippen LogP contribution in [0.25, 0.3) is 0 Å². The first-order chi connectivity index (χ1) is 15.8. The van der Waals surface area contributed by atoms with Crippen LogP contribution in [-0.4, -0.2) is 41.3 Å². The zero-order chi connectivity index (χ0) is 25.4. The maximum atomic E-state index is 14.4. The SMILES string of the molecule is CC(NC(=O)C1=C(C(F)(F)F)N(C)NC1Cc1ccc(Cl)c(Cl)c1)c1ccc(C(=O)O)cc1F. The molecule has 0 radical (unpaired) electrons. The highest BCUT2D eigenvalue weighted by Crippen LogP contribution is 2.36. The molecule has 2 aromatic rings. The second-order valence-electron chi connectivity index (χ2n) is 7.69. The minimum absolute atomic E-state index is 0.0143. The van der Waals surface area contributed by atoms with Crippen LogP contribution in [0.3, 0.4) is 0 Å². The van der Waals surface area contributed by atoms with Crippen LogP contribution < -0.4 is 10.7 Å². The molecule has 1 amide bonds. The van der Waals surface area contributed by atoms with Crippen molar-refractivity contribution in [2.75, 3.05) is 7.05 Å². The van der Waals surface area contributed by atoms with Crippen LogP contribution in [-0.2, 0) is 11.2 Å². The van der Waals surface area contributed by atoms with Crippen molar-refractivity contribution in [1.82, 2.24) is 15.8 Å². The number of nitrogens with zero attached hydrogens (tertiary/aromatic N) is 1. The average molecular weight is 520 g/mol. The summed E-state index contributed by atoms with van der Waals surface area (Å²) in [5.74, 6) is -3.30. The number of benzene rings is 2. The van der Waals surface area contributed by atoms with Gasteiger partial charge >= 0.3 is 12.1 Å². The summed E-state index contributed by atoms with van der Waals surface area (Å²) >= 11 is 11.9. The molecule has 1 heterocycles. The third-order valence-corrected chi connectivity index (χ3v) is 6.03. The first-order valence-electron chi connectivity index (χ1n) is 9.88. The summed E-state index contributed by atoms with van der Waals surface area (Å²) in [6, 6.07) is 5.54. The lowest BCUT2D eigenvalue weighted by Crippen LogP contribution is -2.39. The summed E-state index contributed by atoms with van der Waals surface area (Å²) < 4.78 is 55.9. The lowest BCUT2D eigenvalue weighted by atomic mass is 9.97. The van der Waals surface area contributed by atoms with Crippen LogP contribution in [0.2, 0.25) is 10.0 Å². The number of alkyl halides is 3. The number of carboxylic acid groups (broad SMARTS) is 1. The first-order valence-corrected chi connectivity index (χ1v) is 10.6. The van der Waals surface area contributed by atoms with E-state index >= 15 is 0 Å². The van der Waals surface area contributed by atoms with E-state index in [4.69, 9.17) is 28.3 Å². The quantitative estimate of drug-likeness (QED) is 0.473. The molecule has 12 heteroatoms. The predicted molar refractivity (Wildman–Crippen MR) is 118 cm³/mol. The summed E-state index contributed by atoms with van der Waals surface area (Å²) in [5, 5.41) is 12.6. The van der Waals surface area contributed by atoms with Crippen molar-refractivity contribution in [3.05, 3.63) is 80.2 Å². The molecule has 182 valence electrons. The smallest absolute Gasteiger partial charge is 0.432 e. The minimum atomic E-state index is -4.85. The lowest BCUT2D eigenvalue weighted by Gasteiger charge is -2.19. The molecule has 0 aliphatic carbocycles. The fourth-order valence-corrected chi connectivity index (χ4v) is 4.05. The minimum Gasteiger partial charge on any atom is -0.478 e. The van der Waals surface area contributed by atoms with Gasteiger partial charge in [0.2, 0.25) is 0 Å². The van der Waals surface area contributed by atoms with Gasteiger partial charge in [-0.3, -0.25) is 4.79 Å². The number of nitrogens with one attached hydrogen (secondary N) is 2. The van der Waals surface area contributed by atoms with Gasteiger partial charge in [-0.15, -0.1) is 0 Å². The number of allylic oxidation sites excluding steroid dienone is 1. The second-order valence-corrected chi connectivity index (χ2v) is 8.50. The molecule has 2 aromatic carbocycles. The third-order valence-electron chi connectivity index (χ3n) is 5.29. The Hall–Kier alpha value is -2.82. The molecule has 3 rings (SSSR count). The van der Waals surface area contributed by atoms with Crippen molar-refractivity contribution in [3.63, 3.8) is 0 Å². The number of carbonyl (C=O) groups is 2. The lowest BCUT2D eigenvalue weighted by molar-refractivity contribution is -0.122. The van der Waals surface area contributed by atoms with Gasteiger partial charge in [-0.2, -0.15) is 13.2 Å². The van der Waals surface area contributed by atoms with E-state index in [-0.39, 0.29) is 27.6 Å². The third kappa shape index (κ3) is 5.45. The van der Waals surface area contributed by atoms with Gasteiger partial charge in [-0.05, 0) is 43.2 Å². The molecular formula is C22H19Cl2F4N3O3. The van der Waals surface area contributed by atoms with Crippen LogP contribution in [0.1, 0.15) is 34.5 Å². The van der Waals surface area contributed by atoms with Gasteiger partial charge in [0, 0.05) is 12.6 Å². The van der Waals surface area contributed by atoms with Gasteiger partial charge < -0.3 is 15.4 Å². The fourth-order valence-electron chi connectivity index (χ4n) is 3.73. The second kappa shape index (κ2) is 9.81. The van der Waals surface area contributed by atoms with E-state index in [9.17, 15) is 27.2 Å². The average Bonchev–Trinajstić information content (AvgIpc) is 3.06. The molecular weight excluding hydrogens is 501 g/mol. The molecule has 0 saturated carbocycles. The highest BCUT2D eigenvalue weighted by Gasteiger charge is 2.47. The van der Waals surface area contributed by atoms with Crippen molar-refractivity contribution in [1.29, 1.82) is 0 Å². The van der Waals surface area contributed by atoms with Crippen molar-refractivity contribution in [3.8, 4) is 0 Å². The Morgan fingerprint density at radius 2 is 1.85 bits per heavy atom. The summed E-state index contributed by atoms with van der Waals surface area (Å²) in [4.78, 5) is 24.0. The number of hydrazine groups is 1. The molecule has 0 saturated heterocycles. The van der Waals surface area contributed by atoms with Crippen LogP contribution in [0.5, 0.6) is 0 Å². The summed E-state index contributed by atoms with van der Waals surface area (Å²) in [7, 11) is 1.14. The molecule has 0 aromatic heterocycles. The standard InChI is InChI=1S/C22H19Cl2F4N3O3/c1-10(13-5-4-12(21(33)34)9-16(13)25)29-20(32)18-17(30-31(2)19(18)22(26,27)28)8-11-3-6-14(23)15(24)7-11/h3-7,9-10,17,30H,8H2,1-2H3,(H,29,32)(H,33,34). The Balaban J connectivity index is 1.92. The van der Waals surface area contributed by atoms with Crippen LogP contribution in [0, 0.1) is 5.82 Å². The van der Waals surface area contributed by atoms with Gasteiger partial charge in [-0.1, -0.05) is 35.3 Å². The molecule has 1 aliphatic rings. The molecule has 0 spiro atoms. The van der Waals surface area contributed by atoms with Crippen LogP contribution in [0.4, 0.5) is 17.6 Å². The van der Waals surface area contributed by atoms with E-state index in [0.717, 1.165) is 30.3 Å². The Morgan fingerprint density at radius 3 is 2.41 bits per heavy atom. The predicted octanol–water partition coefficient (Wildman–Crippen LogP) is 4.89. The molecule has 0 bridgehead atoms. The van der Waals surface area contributed by atoms with Gasteiger partial charge in [0.15, 0.2) is 0 Å². The van der Waals surface area contributed by atoms with Gasteiger partial charge in [0.25, 0.3) is 5.91 Å². The monoisotopic (exact) mass is 519 g/mol. The van der Waals surface area contributed by atoms with E-state index in [1.54, 1.807) is 6.07 Å². The van der Waals surface area contributed by atoms with Crippen LogP contribution >= 0.6 is 23.2 Å². The molecule has 2 unspecified atom stereocenters. The molecule has 0 fully saturated rings. The van der Waals surface area contributed by atoms with Gasteiger partial charge in [0.05, 0.1) is 33.3 Å². The zero-order valence-electron chi connectivity index (χ0n) is 17.8.